The van der Waals surface area contributed by atoms with E-state index in [9.17, 15) is 18.0 Å². The average molecular weight is 327 g/mol. The Morgan fingerprint density at radius 3 is 2.36 bits per heavy atom. The maximum absolute atomic E-state index is 12.5. The van der Waals surface area contributed by atoms with Crippen molar-refractivity contribution < 1.29 is 18.0 Å². The first-order chi connectivity index (χ1) is 10.4. The van der Waals surface area contributed by atoms with Crippen LogP contribution in [-0.2, 0) is 4.79 Å². The lowest BCUT2D eigenvalue weighted by Crippen LogP contribution is -2.21. The van der Waals surface area contributed by atoms with Gasteiger partial charge in [-0.1, -0.05) is 29.8 Å². The number of ketones is 1. The molecule has 0 bridgehead atoms. The van der Waals surface area contributed by atoms with Gasteiger partial charge in [0.2, 0.25) is 0 Å². The van der Waals surface area contributed by atoms with Crippen LogP contribution in [0.25, 0.3) is 5.70 Å². The van der Waals surface area contributed by atoms with E-state index in [4.69, 9.17) is 11.6 Å². The molecule has 2 aromatic rings. The molecule has 0 atom stereocenters. The lowest BCUT2D eigenvalue weighted by molar-refractivity contribution is -0.165. The van der Waals surface area contributed by atoms with E-state index < -0.39 is 12.0 Å². The summed E-state index contributed by atoms with van der Waals surface area (Å²) in [4.78, 5) is 15.2. The van der Waals surface area contributed by atoms with E-state index in [1.807, 2.05) is 0 Å². The van der Waals surface area contributed by atoms with Gasteiger partial charge < -0.3 is 5.32 Å². The predicted molar refractivity (Wildman–Crippen MR) is 78.4 cm³/mol. The molecule has 1 aromatic heterocycles. The van der Waals surface area contributed by atoms with E-state index in [-0.39, 0.29) is 5.70 Å². The fourth-order valence-corrected chi connectivity index (χ4v) is 1.73. The molecule has 0 unspecified atom stereocenters. The number of aromatic nitrogens is 1. The number of benzene rings is 1. The highest BCUT2D eigenvalue weighted by molar-refractivity contribution is 6.30. The minimum Gasteiger partial charge on any atom is -0.340 e. The average Bonchev–Trinajstić information content (AvgIpc) is 2.47. The van der Waals surface area contributed by atoms with Crippen molar-refractivity contribution in [1.29, 1.82) is 0 Å². The van der Waals surface area contributed by atoms with Gasteiger partial charge in [0.05, 0.1) is 5.70 Å². The zero-order valence-electron chi connectivity index (χ0n) is 11.1. The molecule has 3 nitrogen and oxygen atoms in total. The molecule has 0 fully saturated rings. The lowest BCUT2D eigenvalue weighted by Gasteiger charge is -2.11. The number of alkyl halides is 3. The maximum Gasteiger partial charge on any atom is 0.454 e. The van der Waals surface area contributed by atoms with Crippen LogP contribution in [0.15, 0.2) is 54.7 Å². The summed E-state index contributed by atoms with van der Waals surface area (Å²) in [6.45, 7) is 0. The van der Waals surface area contributed by atoms with Gasteiger partial charge in [-0.3, -0.25) is 4.79 Å². The number of halogens is 4. The van der Waals surface area contributed by atoms with Crippen LogP contribution >= 0.6 is 11.6 Å². The van der Waals surface area contributed by atoms with Gasteiger partial charge in [0, 0.05) is 17.3 Å². The van der Waals surface area contributed by atoms with Gasteiger partial charge in [-0.15, -0.1) is 0 Å². The Balaban J connectivity index is 2.38. The number of hydrogen-bond acceptors (Lipinski definition) is 3. The van der Waals surface area contributed by atoms with Gasteiger partial charge in [-0.2, -0.15) is 13.2 Å². The molecule has 0 radical (unpaired) electrons. The van der Waals surface area contributed by atoms with E-state index >= 15 is 0 Å². The Hall–Kier alpha value is -2.34. The summed E-state index contributed by atoms with van der Waals surface area (Å²) in [7, 11) is 0. The van der Waals surface area contributed by atoms with Crippen molar-refractivity contribution >= 4 is 28.9 Å². The van der Waals surface area contributed by atoms with Gasteiger partial charge in [0.15, 0.2) is 0 Å². The molecule has 2 rings (SSSR count). The Labute approximate surface area is 129 Å². The van der Waals surface area contributed by atoms with Crippen molar-refractivity contribution in [2.45, 2.75) is 6.18 Å². The van der Waals surface area contributed by atoms with Gasteiger partial charge >= 0.3 is 6.18 Å². The second kappa shape index (κ2) is 6.62. The molecular weight excluding hydrogens is 317 g/mol. The summed E-state index contributed by atoms with van der Waals surface area (Å²) in [5, 5.41) is 3.14. The second-order valence-electron chi connectivity index (χ2n) is 4.27. The summed E-state index contributed by atoms with van der Waals surface area (Å²) in [5.41, 5.74) is 0.366. The molecule has 0 aliphatic rings. The highest BCUT2D eigenvalue weighted by atomic mass is 35.5. The van der Waals surface area contributed by atoms with Gasteiger partial charge in [-0.25, -0.2) is 4.98 Å². The molecule has 1 heterocycles. The first-order valence-electron chi connectivity index (χ1n) is 6.13. The first-order valence-corrected chi connectivity index (χ1v) is 6.51. The lowest BCUT2D eigenvalue weighted by atomic mass is 10.1. The topological polar surface area (TPSA) is 42.0 Å². The predicted octanol–water partition coefficient (Wildman–Crippen LogP) is 4.32. The third-order valence-electron chi connectivity index (χ3n) is 2.64. The van der Waals surface area contributed by atoms with E-state index in [2.05, 4.69) is 10.3 Å². The third-order valence-corrected chi connectivity index (χ3v) is 2.89. The first kappa shape index (κ1) is 16.0. The second-order valence-corrected chi connectivity index (χ2v) is 4.70. The van der Waals surface area contributed by atoms with Gasteiger partial charge in [0.25, 0.3) is 5.78 Å². The van der Waals surface area contributed by atoms with Crippen molar-refractivity contribution in [3.8, 4) is 0 Å². The number of carbonyl (C=O) groups is 1. The Bertz CT molecular complexity index is 682. The molecule has 0 amide bonds. The summed E-state index contributed by atoms with van der Waals surface area (Å²) in [6, 6.07) is 11.0. The molecule has 0 aliphatic carbocycles. The van der Waals surface area contributed by atoms with Crippen molar-refractivity contribution in [2.75, 3.05) is 5.32 Å². The van der Waals surface area contributed by atoms with Crippen LogP contribution in [0.4, 0.5) is 19.0 Å². The molecule has 7 heteroatoms. The molecule has 0 saturated carbocycles. The van der Waals surface area contributed by atoms with E-state index in [1.54, 1.807) is 18.2 Å². The zero-order valence-corrected chi connectivity index (χ0v) is 11.8. The van der Waals surface area contributed by atoms with Crippen molar-refractivity contribution in [2.24, 2.45) is 0 Å². The number of nitrogens with one attached hydrogen (secondary N) is 1. The third kappa shape index (κ3) is 4.33. The number of rotatable bonds is 4. The van der Waals surface area contributed by atoms with Crippen LogP contribution in [0.2, 0.25) is 5.02 Å². The van der Waals surface area contributed by atoms with Gasteiger partial charge in [-0.05, 0) is 29.8 Å². The summed E-state index contributed by atoms with van der Waals surface area (Å²) >= 11 is 5.76. The Kier molecular flexibility index (Phi) is 4.82. The minimum atomic E-state index is -4.94. The van der Waals surface area contributed by atoms with E-state index in [0.29, 0.717) is 22.5 Å². The number of anilines is 1. The SMILES string of the molecule is O=C(/C=C(/Nc1ccccn1)c1ccc(Cl)cc1)C(F)(F)F. The number of allylic oxidation sites excluding steroid dienone is 1. The molecule has 1 N–H and O–H groups in total. The van der Waals surface area contributed by atoms with Crippen LogP contribution in [-0.4, -0.2) is 16.9 Å². The molecular formula is C15H10ClF3N2O. The summed E-state index contributed by atoms with van der Waals surface area (Å²) in [6.07, 6.45) is -2.96. The fraction of sp³-hybridized carbons (Fsp3) is 0.0667. The standard InChI is InChI=1S/C15H10ClF3N2O/c16-11-6-4-10(5-7-11)12(9-13(22)15(17,18)19)21-14-3-1-2-8-20-14/h1-9H,(H,20,21)/b12-9+. The Morgan fingerprint density at radius 2 is 1.82 bits per heavy atom. The molecule has 114 valence electrons. The quantitative estimate of drug-likeness (QED) is 0.851. The highest BCUT2D eigenvalue weighted by Gasteiger charge is 2.36. The molecule has 22 heavy (non-hydrogen) atoms. The summed E-state index contributed by atoms with van der Waals surface area (Å²) in [5.74, 6) is -1.64. The maximum atomic E-state index is 12.5. The minimum absolute atomic E-state index is 0.0160. The van der Waals surface area contributed by atoms with Gasteiger partial charge in [0.1, 0.15) is 5.82 Å². The van der Waals surface area contributed by atoms with E-state index in [0.717, 1.165) is 0 Å². The van der Waals surface area contributed by atoms with E-state index in [1.165, 1.54) is 30.5 Å². The number of pyridine rings is 1. The molecule has 1 aromatic carbocycles. The van der Waals surface area contributed by atoms with Crippen LogP contribution in [0, 0.1) is 0 Å². The van der Waals surface area contributed by atoms with Crippen LogP contribution in [0.5, 0.6) is 0 Å². The monoisotopic (exact) mass is 326 g/mol. The van der Waals surface area contributed by atoms with Crippen LogP contribution < -0.4 is 5.32 Å². The smallest absolute Gasteiger partial charge is 0.340 e. The normalized spacial score (nSPS) is 12.1. The number of hydrogen-bond donors (Lipinski definition) is 1. The van der Waals surface area contributed by atoms with Crippen LogP contribution in [0.1, 0.15) is 5.56 Å². The van der Waals surface area contributed by atoms with Crippen molar-refractivity contribution in [1.82, 2.24) is 4.98 Å². The molecule has 0 aliphatic heterocycles. The number of carbonyl (C=O) groups excluding carboxylic acids is 1. The van der Waals surface area contributed by atoms with Crippen molar-refractivity contribution in [3.63, 3.8) is 0 Å². The van der Waals surface area contributed by atoms with Crippen molar-refractivity contribution in [3.05, 3.63) is 65.3 Å². The molecule has 0 spiro atoms. The number of nitrogens with zero attached hydrogens (tertiary/aromatic N) is 1. The summed E-state index contributed by atoms with van der Waals surface area (Å²) < 4.78 is 37.4. The fourth-order valence-electron chi connectivity index (χ4n) is 1.61. The largest absolute Gasteiger partial charge is 0.454 e. The Morgan fingerprint density at radius 1 is 1.14 bits per heavy atom. The van der Waals surface area contributed by atoms with Crippen LogP contribution in [0.3, 0.4) is 0 Å². The highest BCUT2D eigenvalue weighted by Crippen LogP contribution is 2.23. The molecule has 0 saturated heterocycles. The zero-order chi connectivity index (χ0) is 16.2.